The van der Waals surface area contributed by atoms with Gasteiger partial charge in [-0.15, -0.1) is 11.8 Å². The molecule has 1 aliphatic heterocycles. The second kappa shape index (κ2) is 4.97. The van der Waals surface area contributed by atoms with Crippen molar-refractivity contribution in [2.24, 2.45) is 0 Å². The number of rotatable bonds is 4. The van der Waals surface area contributed by atoms with Gasteiger partial charge in [-0.3, -0.25) is 0 Å². The van der Waals surface area contributed by atoms with Gasteiger partial charge in [0.25, 0.3) is 0 Å². The molecule has 1 rings (SSSR count). The van der Waals surface area contributed by atoms with Gasteiger partial charge in [0, 0.05) is 13.1 Å². The first-order valence-corrected chi connectivity index (χ1v) is 7.35. The Labute approximate surface area is 96.7 Å². The molecule has 1 heterocycles. The van der Waals surface area contributed by atoms with Crippen molar-refractivity contribution in [1.82, 2.24) is 4.31 Å². The Morgan fingerprint density at radius 2 is 2.12 bits per heavy atom. The number of sulfonamides is 1. The van der Waals surface area contributed by atoms with Crippen LogP contribution in [0.4, 0.5) is 13.2 Å². The Morgan fingerprint density at radius 3 is 2.56 bits per heavy atom. The highest BCUT2D eigenvalue weighted by molar-refractivity contribution is 8.02. The van der Waals surface area contributed by atoms with Gasteiger partial charge in [-0.25, -0.2) is 8.42 Å². The van der Waals surface area contributed by atoms with Crippen molar-refractivity contribution in [2.45, 2.75) is 12.6 Å². The van der Waals surface area contributed by atoms with Crippen LogP contribution in [-0.4, -0.2) is 44.0 Å². The average molecular weight is 275 g/mol. The predicted octanol–water partition coefficient (Wildman–Crippen LogP) is 1.83. The molecule has 0 fully saturated rings. The first-order valence-electron chi connectivity index (χ1n) is 4.52. The zero-order valence-electron chi connectivity index (χ0n) is 8.62. The molecular weight excluding hydrogens is 263 g/mol. The fourth-order valence-corrected chi connectivity index (χ4v) is 3.23. The van der Waals surface area contributed by atoms with Crippen LogP contribution >= 0.6 is 11.8 Å². The molecule has 0 spiro atoms. The lowest BCUT2D eigenvalue weighted by Gasteiger charge is -2.16. The van der Waals surface area contributed by atoms with Crippen molar-refractivity contribution in [1.29, 1.82) is 0 Å². The molecule has 0 unspecified atom stereocenters. The van der Waals surface area contributed by atoms with Crippen LogP contribution in [0.15, 0.2) is 11.0 Å². The Bertz CT molecular complexity index is 375. The molecule has 8 heteroatoms. The lowest BCUT2D eigenvalue weighted by Crippen LogP contribution is -2.32. The molecule has 1 aliphatic rings. The van der Waals surface area contributed by atoms with Crippen LogP contribution in [0.5, 0.6) is 0 Å². The highest BCUT2D eigenvalue weighted by Crippen LogP contribution is 2.25. The fraction of sp³-hybridized carbons (Fsp3) is 0.750. The number of hydrogen-bond acceptors (Lipinski definition) is 3. The molecule has 0 saturated carbocycles. The topological polar surface area (TPSA) is 37.4 Å². The smallest absolute Gasteiger partial charge is 0.212 e. The van der Waals surface area contributed by atoms with Gasteiger partial charge in [0.1, 0.15) is 0 Å². The summed E-state index contributed by atoms with van der Waals surface area (Å²) in [5.41, 5.74) is 0. The van der Waals surface area contributed by atoms with Crippen molar-refractivity contribution in [3.63, 3.8) is 0 Å². The summed E-state index contributed by atoms with van der Waals surface area (Å²) >= 11 is 1.41. The molecule has 0 N–H and O–H groups in total. The van der Waals surface area contributed by atoms with E-state index in [1.165, 1.54) is 11.8 Å². The molecule has 94 valence electrons. The van der Waals surface area contributed by atoms with E-state index in [9.17, 15) is 21.6 Å². The van der Waals surface area contributed by atoms with Crippen molar-refractivity contribution >= 4 is 21.8 Å². The maximum atomic E-state index is 11.9. The minimum atomic E-state index is -4.43. The number of halogens is 3. The van der Waals surface area contributed by atoms with E-state index in [-0.39, 0.29) is 13.1 Å². The first-order chi connectivity index (χ1) is 7.24. The van der Waals surface area contributed by atoms with E-state index in [0.29, 0.717) is 0 Å². The lowest BCUT2D eigenvalue weighted by molar-refractivity contribution is -0.130. The van der Waals surface area contributed by atoms with Gasteiger partial charge in [-0.2, -0.15) is 17.5 Å². The number of nitrogens with zero attached hydrogens (tertiary/aromatic N) is 1. The summed E-state index contributed by atoms with van der Waals surface area (Å²) in [6.45, 7) is 0.373. The zero-order valence-corrected chi connectivity index (χ0v) is 10.3. The van der Waals surface area contributed by atoms with Gasteiger partial charge in [0.15, 0.2) is 0 Å². The molecule has 0 radical (unpaired) electrons. The summed E-state index contributed by atoms with van der Waals surface area (Å²) in [5, 5.41) is 0. The van der Waals surface area contributed by atoms with Crippen LogP contribution in [0, 0.1) is 0 Å². The summed E-state index contributed by atoms with van der Waals surface area (Å²) in [6, 6.07) is 0. The van der Waals surface area contributed by atoms with Gasteiger partial charge in [0.05, 0.1) is 12.2 Å². The molecule has 0 saturated heterocycles. The predicted molar refractivity (Wildman–Crippen MR) is 57.6 cm³/mol. The number of thioether (sulfide) groups is 1. The Hall–Kier alpha value is -0.210. The van der Waals surface area contributed by atoms with Gasteiger partial charge >= 0.3 is 6.18 Å². The SMILES string of the molecule is CSC1=CCN(S(=O)(=O)CCC(F)(F)F)C1. The van der Waals surface area contributed by atoms with Gasteiger partial charge in [-0.1, -0.05) is 6.08 Å². The van der Waals surface area contributed by atoms with Crippen molar-refractivity contribution in [2.75, 3.05) is 25.1 Å². The monoisotopic (exact) mass is 275 g/mol. The van der Waals surface area contributed by atoms with Crippen LogP contribution in [0.1, 0.15) is 6.42 Å². The molecule has 0 atom stereocenters. The van der Waals surface area contributed by atoms with Crippen LogP contribution in [0.25, 0.3) is 0 Å². The molecule has 0 aliphatic carbocycles. The maximum Gasteiger partial charge on any atom is 0.390 e. The van der Waals surface area contributed by atoms with Gasteiger partial charge in [-0.05, 0) is 11.2 Å². The molecule has 0 aromatic rings. The molecule has 0 aromatic carbocycles. The summed E-state index contributed by atoms with van der Waals surface area (Å²) < 4.78 is 59.9. The minimum absolute atomic E-state index is 0.177. The third-order valence-electron chi connectivity index (χ3n) is 2.15. The average Bonchev–Trinajstić information content (AvgIpc) is 2.62. The Morgan fingerprint density at radius 1 is 1.50 bits per heavy atom. The summed E-state index contributed by atoms with van der Waals surface area (Å²) in [7, 11) is -3.79. The van der Waals surface area contributed by atoms with E-state index in [4.69, 9.17) is 0 Å². The van der Waals surface area contributed by atoms with Gasteiger partial charge < -0.3 is 0 Å². The highest BCUT2D eigenvalue weighted by atomic mass is 32.2. The van der Waals surface area contributed by atoms with Crippen molar-refractivity contribution < 1.29 is 21.6 Å². The second-order valence-corrected chi connectivity index (χ2v) is 6.37. The van der Waals surface area contributed by atoms with Crippen LogP contribution in [-0.2, 0) is 10.0 Å². The van der Waals surface area contributed by atoms with E-state index in [1.54, 1.807) is 12.3 Å². The van der Waals surface area contributed by atoms with E-state index >= 15 is 0 Å². The molecule has 16 heavy (non-hydrogen) atoms. The van der Waals surface area contributed by atoms with Crippen molar-refractivity contribution in [3.8, 4) is 0 Å². The largest absolute Gasteiger partial charge is 0.390 e. The zero-order chi connectivity index (χ0) is 12.4. The van der Waals surface area contributed by atoms with Crippen LogP contribution in [0.2, 0.25) is 0 Å². The lowest BCUT2D eigenvalue weighted by atomic mass is 10.5. The quantitative estimate of drug-likeness (QED) is 0.785. The molecule has 3 nitrogen and oxygen atoms in total. The molecular formula is C8H12F3NO2S2. The molecule has 0 bridgehead atoms. The van der Waals surface area contributed by atoms with E-state index < -0.39 is 28.4 Å². The third kappa shape index (κ3) is 3.99. The Kier molecular flexibility index (Phi) is 4.30. The van der Waals surface area contributed by atoms with Gasteiger partial charge in [0.2, 0.25) is 10.0 Å². The van der Waals surface area contributed by atoms with E-state index in [2.05, 4.69) is 0 Å². The van der Waals surface area contributed by atoms with E-state index in [0.717, 1.165) is 9.21 Å². The Balaban J connectivity index is 2.54. The maximum absolute atomic E-state index is 11.9. The first kappa shape index (κ1) is 13.9. The highest BCUT2D eigenvalue weighted by Gasteiger charge is 2.33. The molecule has 0 aromatic heterocycles. The third-order valence-corrected chi connectivity index (χ3v) is 4.76. The normalized spacial score (nSPS) is 18.9. The summed E-state index contributed by atoms with van der Waals surface area (Å²) in [5.74, 6) is -0.869. The van der Waals surface area contributed by atoms with E-state index in [1.807, 2.05) is 0 Å². The van der Waals surface area contributed by atoms with Crippen molar-refractivity contribution in [3.05, 3.63) is 11.0 Å². The number of hydrogen-bond donors (Lipinski definition) is 0. The van der Waals surface area contributed by atoms with Crippen LogP contribution < -0.4 is 0 Å². The fourth-order valence-electron chi connectivity index (χ4n) is 1.24. The summed E-state index contributed by atoms with van der Waals surface area (Å²) in [4.78, 5) is 0.871. The van der Waals surface area contributed by atoms with Crippen LogP contribution in [0.3, 0.4) is 0 Å². The summed E-state index contributed by atoms with van der Waals surface area (Å²) in [6.07, 6.45) is -2.20. The minimum Gasteiger partial charge on any atom is -0.212 e. The second-order valence-electron chi connectivity index (χ2n) is 3.35. The molecule has 0 amide bonds. The number of alkyl halides is 3. The standard InChI is InChI=1S/C8H12F3NO2S2/c1-15-7-2-4-12(6-7)16(13,14)5-3-8(9,10)11/h2H,3-6H2,1H3.